The number of ether oxygens (including phenoxy) is 2. The summed E-state index contributed by atoms with van der Waals surface area (Å²) in [6.07, 6.45) is 4.58. The predicted octanol–water partition coefficient (Wildman–Crippen LogP) is 4.57. The Labute approximate surface area is 205 Å². The highest BCUT2D eigenvalue weighted by Crippen LogP contribution is 2.28. The van der Waals surface area contributed by atoms with Crippen molar-refractivity contribution in [3.05, 3.63) is 83.3 Å². The summed E-state index contributed by atoms with van der Waals surface area (Å²) in [4.78, 5) is 21.0. The first-order valence-corrected chi connectivity index (χ1v) is 11.3. The van der Waals surface area contributed by atoms with E-state index in [-0.39, 0.29) is 12.6 Å². The van der Waals surface area contributed by atoms with Crippen molar-refractivity contribution in [3.63, 3.8) is 0 Å². The molecule has 0 spiro atoms. The molecule has 0 aliphatic heterocycles. The van der Waals surface area contributed by atoms with Crippen molar-refractivity contribution in [1.29, 1.82) is 0 Å². The van der Waals surface area contributed by atoms with Crippen LogP contribution in [0, 0.1) is 0 Å². The van der Waals surface area contributed by atoms with E-state index in [0.717, 1.165) is 16.7 Å². The van der Waals surface area contributed by atoms with Crippen LogP contribution >= 0.6 is 11.6 Å². The van der Waals surface area contributed by atoms with Crippen LogP contribution in [0.5, 0.6) is 5.88 Å². The lowest BCUT2D eigenvalue weighted by Gasteiger charge is -2.09. The normalized spacial score (nSPS) is 11.1. The number of nitrogens with zero attached hydrogens (tertiary/aromatic N) is 6. The zero-order chi connectivity index (χ0) is 24.4. The summed E-state index contributed by atoms with van der Waals surface area (Å²) in [6.45, 7) is 2.53. The molecule has 10 heteroatoms. The summed E-state index contributed by atoms with van der Waals surface area (Å²) in [5.74, 6) is 0.150. The minimum Gasteiger partial charge on any atom is -0.479 e. The quantitative estimate of drug-likeness (QED) is 0.309. The van der Waals surface area contributed by atoms with Gasteiger partial charge in [-0.3, -0.25) is 4.68 Å². The number of carbonyl (C=O) groups is 1. The molecule has 0 aliphatic rings. The first-order valence-electron chi connectivity index (χ1n) is 10.9. The van der Waals surface area contributed by atoms with E-state index in [4.69, 9.17) is 21.1 Å². The Balaban J connectivity index is 1.43. The van der Waals surface area contributed by atoms with Crippen molar-refractivity contribution in [2.75, 3.05) is 13.7 Å². The van der Waals surface area contributed by atoms with Gasteiger partial charge in [-0.15, -0.1) is 0 Å². The van der Waals surface area contributed by atoms with Gasteiger partial charge in [0.2, 0.25) is 5.88 Å². The zero-order valence-corrected chi connectivity index (χ0v) is 19.8. The molecular weight excluding hydrogens is 468 g/mol. The third-order valence-electron chi connectivity index (χ3n) is 5.41. The minimum absolute atomic E-state index is 0.258. The number of fused-ring (bicyclic) bond motifs is 1. The van der Waals surface area contributed by atoms with E-state index in [1.165, 1.54) is 24.2 Å². The summed E-state index contributed by atoms with van der Waals surface area (Å²) < 4.78 is 13.8. The molecule has 0 bridgehead atoms. The fourth-order valence-electron chi connectivity index (χ4n) is 3.73. The lowest BCUT2D eigenvalue weighted by atomic mass is 10.0. The van der Waals surface area contributed by atoms with Gasteiger partial charge in [0.25, 0.3) is 5.95 Å². The molecule has 0 fully saturated rings. The van der Waals surface area contributed by atoms with Crippen LogP contribution < -0.4 is 4.74 Å². The molecule has 3 aromatic heterocycles. The molecule has 0 saturated carbocycles. The molecule has 0 N–H and O–H groups in total. The Kier molecular flexibility index (Phi) is 6.15. The van der Waals surface area contributed by atoms with Gasteiger partial charge in [-0.2, -0.15) is 15.2 Å². The van der Waals surface area contributed by atoms with Crippen molar-refractivity contribution in [2.24, 2.45) is 0 Å². The lowest BCUT2D eigenvalue weighted by molar-refractivity contribution is 0.0526. The molecule has 35 heavy (non-hydrogen) atoms. The molecule has 0 aliphatic carbocycles. The number of benzene rings is 2. The largest absolute Gasteiger partial charge is 0.479 e. The van der Waals surface area contributed by atoms with Gasteiger partial charge in [0.05, 0.1) is 38.2 Å². The minimum atomic E-state index is -0.458. The third kappa shape index (κ3) is 4.45. The molecule has 0 unspecified atom stereocenters. The number of halogens is 1. The van der Waals surface area contributed by atoms with Crippen LogP contribution in [0.3, 0.4) is 0 Å². The fraction of sp³-hybridized carbons (Fsp3) is 0.160. The molecule has 2 aromatic carbocycles. The second-order valence-corrected chi connectivity index (χ2v) is 8.05. The van der Waals surface area contributed by atoms with Gasteiger partial charge in [0.15, 0.2) is 0 Å². The molecule has 3 heterocycles. The molecule has 0 saturated heterocycles. The Morgan fingerprint density at radius 2 is 1.83 bits per heavy atom. The van der Waals surface area contributed by atoms with Crippen LogP contribution in [-0.2, 0) is 11.3 Å². The van der Waals surface area contributed by atoms with Gasteiger partial charge >= 0.3 is 5.97 Å². The number of esters is 1. The Bertz CT molecular complexity index is 1510. The van der Waals surface area contributed by atoms with E-state index in [9.17, 15) is 4.79 Å². The molecule has 0 atom stereocenters. The van der Waals surface area contributed by atoms with Crippen LogP contribution in [0.25, 0.3) is 28.1 Å². The number of methoxy groups -OCH3 is 1. The number of aromatic nitrogens is 6. The molecular formula is C25H21ClN6O3. The molecule has 176 valence electrons. The van der Waals surface area contributed by atoms with Crippen LogP contribution in [0.1, 0.15) is 22.8 Å². The third-order valence-corrected chi connectivity index (χ3v) is 5.74. The number of hydrogen-bond donors (Lipinski definition) is 0. The summed E-state index contributed by atoms with van der Waals surface area (Å²) in [5.41, 5.74) is 4.62. The predicted molar refractivity (Wildman–Crippen MR) is 131 cm³/mol. The van der Waals surface area contributed by atoms with E-state index < -0.39 is 5.97 Å². The zero-order valence-electron chi connectivity index (χ0n) is 19.1. The SMILES string of the molecule is CCOC(=O)c1cnn(-c2nc(OC)c3c(cnn3Cc3ccc(-c4ccccc4Cl)cc3)n2)c1. The smallest absolute Gasteiger partial charge is 0.341 e. The molecule has 9 nitrogen and oxygen atoms in total. The maximum Gasteiger partial charge on any atom is 0.341 e. The maximum absolute atomic E-state index is 12.0. The topological polar surface area (TPSA) is 97.0 Å². The highest BCUT2D eigenvalue weighted by Gasteiger charge is 2.17. The standard InChI is InChI=1S/C25H21ClN6O3/c1-3-35-24(33)18-12-27-32(15-18)25-29-21-13-28-31(22(21)23(30-25)34-2)14-16-8-10-17(11-9-16)19-6-4-5-7-20(19)26/h4-13,15H,3,14H2,1-2H3. The number of carbonyl (C=O) groups excluding carboxylic acids is 1. The van der Waals surface area contributed by atoms with Gasteiger partial charge in [-0.05, 0) is 24.1 Å². The molecule has 5 rings (SSSR count). The average Bonchev–Trinajstić information content (AvgIpc) is 3.53. The van der Waals surface area contributed by atoms with Crippen molar-refractivity contribution in [1.82, 2.24) is 29.5 Å². The summed E-state index contributed by atoms with van der Waals surface area (Å²) >= 11 is 6.33. The van der Waals surface area contributed by atoms with Gasteiger partial charge in [-0.1, -0.05) is 54.1 Å². The second kappa shape index (κ2) is 9.55. The summed E-state index contributed by atoms with van der Waals surface area (Å²) in [5, 5.41) is 9.39. The van der Waals surface area contributed by atoms with Crippen LogP contribution in [0.15, 0.2) is 67.1 Å². The molecule has 0 radical (unpaired) electrons. The van der Waals surface area contributed by atoms with E-state index in [1.54, 1.807) is 17.8 Å². The average molecular weight is 489 g/mol. The lowest BCUT2D eigenvalue weighted by Crippen LogP contribution is -2.07. The van der Waals surface area contributed by atoms with Gasteiger partial charge in [0.1, 0.15) is 11.0 Å². The second-order valence-electron chi connectivity index (χ2n) is 7.64. The highest BCUT2D eigenvalue weighted by atomic mass is 35.5. The van der Waals surface area contributed by atoms with Gasteiger partial charge in [0, 0.05) is 16.8 Å². The molecule has 0 amide bonds. The van der Waals surface area contributed by atoms with Crippen LogP contribution in [0.2, 0.25) is 5.02 Å². The number of rotatable bonds is 7. The monoisotopic (exact) mass is 488 g/mol. The van der Waals surface area contributed by atoms with Crippen molar-refractivity contribution in [2.45, 2.75) is 13.5 Å². The van der Waals surface area contributed by atoms with E-state index in [2.05, 4.69) is 20.2 Å². The van der Waals surface area contributed by atoms with E-state index in [1.807, 2.05) is 48.5 Å². The Morgan fingerprint density at radius 1 is 1.03 bits per heavy atom. The first kappa shape index (κ1) is 22.5. The van der Waals surface area contributed by atoms with E-state index in [0.29, 0.717) is 34.0 Å². The fourth-order valence-corrected chi connectivity index (χ4v) is 3.97. The maximum atomic E-state index is 12.0. The number of hydrogen-bond acceptors (Lipinski definition) is 7. The van der Waals surface area contributed by atoms with Gasteiger partial charge < -0.3 is 9.47 Å². The Morgan fingerprint density at radius 3 is 2.57 bits per heavy atom. The first-order chi connectivity index (χ1) is 17.1. The van der Waals surface area contributed by atoms with Crippen molar-refractivity contribution in [3.8, 4) is 23.0 Å². The summed E-state index contributed by atoms with van der Waals surface area (Å²) in [6, 6.07) is 15.9. The van der Waals surface area contributed by atoms with Crippen molar-refractivity contribution >= 4 is 28.6 Å². The highest BCUT2D eigenvalue weighted by molar-refractivity contribution is 6.33. The molecule has 5 aromatic rings. The van der Waals surface area contributed by atoms with Gasteiger partial charge in [-0.25, -0.2) is 14.5 Å². The Hall–Kier alpha value is -4.24. The summed E-state index contributed by atoms with van der Waals surface area (Å²) in [7, 11) is 1.54. The van der Waals surface area contributed by atoms with Crippen LogP contribution in [-0.4, -0.2) is 49.2 Å². The van der Waals surface area contributed by atoms with E-state index >= 15 is 0 Å². The van der Waals surface area contributed by atoms with Crippen LogP contribution in [0.4, 0.5) is 0 Å². The van der Waals surface area contributed by atoms with Crippen molar-refractivity contribution < 1.29 is 14.3 Å².